The molecule has 4 heteroatoms. The zero-order valence-electron chi connectivity index (χ0n) is 35.4. The number of aryl methyl sites for hydroxylation is 1. The number of hydrogen-bond donors (Lipinski definition) is 0. The van der Waals surface area contributed by atoms with Crippen LogP contribution in [0.4, 0.5) is 45.5 Å². The maximum absolute atomic E-state index is 2.83. The Hall–Kier alpha value is -5.22. The molecule has 57 heavy (non-hydrogen) atoms. The highest BCUT2D eigenvalue weighted by Crippen LogP contribution is 2.61. The van der Waals surface area contributed by atoms with Crippen molar-refractivity contribution in [3.05, 3.63) is 150 Å². The normalized spacial score (nSPS) is 20.5. The summed E-state index contributed by atoms with van der Waals surface area (Å²) in [4.78, 5) is 7.85. The van der Waals surface area contributed by atoms with Gasteiger partial charge in [0.2, 0.25) is 0 Å². The van der Waals surface area contributed by atoms with E-state index < -0.39 is 0 Å². The molecule has 286 valence electrons. The summed E-state index contributed by atoms with van der Waals surface area (Å²) in [7, 11) is 0. The second-order valence-electron chi connectivity index (χ2n) is 19.9. The Labute approximate surface area is 341 Å². The molecule has 0 radical (unpaired) electrons. The van der Waals surface area contributed by atoms with Crippen LogP contribution in [0.1, 0.15) is 103 Å². The molecular weight excluding hydrogens is 689 g/mol. The molecule has 3 nitrogen and oxygen atoms in total. The van der Waals surface area contributed by atoms with E-state index >= 15 is 0 Å². The monoisotopic (exact) mass is 745 g/mol. The molecule has 0 saturated heterocycles. The molecule has 3 aliphatic heterocycles. The van der Waals surface area contributed by atoms with Crippen LogP contribution in [0.25, 0.3) is 0 Å². The van der Waals surface area contributed by atoms with E-state index in [1.807, 2.05) is 0 Å². The molecule has 10 rings (SSSR count). The van der Waals surface area contributed by atoms with Gasteiger partial charge in [-0.3, -0.25) is 0 Å². The van der Waals surface area contributed by atoms with Crippen molar-refractivity contribution in [1.29, 1.82) is 0 Å². The maximum atomic E-state index is 2.83. The van der Waals surface area contributed by atoms with Gasteiger partial charge in [-0.2, -0.15) is 0 Å². The molecule has 2 atom stereocenters. The molecule has 0 spiro atoms. The number of para-hydroxylation sites is 2. The van der Waals surface area contributed by atoms with E-state index in [0.717, 1.165) is 0 Å². The van der Waals surface area contributed by atoms with Crippen molar-refractivity contribution in [2.24, 2.45) is 0 Å². The summed E-state index contributed by atoms with van der Waals surface area (Å²) >= 11 is 0. The first-order valence-electron chi connectivity index (χ1n) is 21.3. The number of fused-ring (bicyclic) bond motifs is 7. The fourth-order valence-electron chi connectivity index (χ4n) is 11.1. The first-order chi connectivity index (χ1) is 27.2. The van der Waals surface area contributed by atoms with Crippen molar-refractivity contribution >= 4 is 68.6 Å². The van der Waals surface area contributed by atoms with Gasteiger partial charge in [0.25, 0.3) is 6.71 Å². The van der Waals surface area contributed by atoms with E-state index in [-0.39, 0.29) is 28.5 Å². The first kappa shape index (κ1) is 36.1. The second-order valence-corrected chi connectivity index (χ2v) is 19.9. The maximum Gasteiger partial charge on any atom is 0.252 e. The van der Waals surface area contributed by atoms with Crippen molar-refractivity contribution in [1.82, 2.24) is 0 Å². The average Bonchev–Trinajstić information content (AvgIpc) is 3.40. The minimum Gasteiger partial charge on any atom is -0.335 e. The molecule has 1 saturated carbocycles. The lowest BCUT2D eigenvalue weighted by atomic mass is 9.33. The van der Waals surface area contributed by atoms with Gasteiger partial charge < -0.3 is 14.7 Å². The summed E-state index contributed by atoms with van der Waals surface area (Å²) < 4.78 is 0. The van der Waals surface area contributed by atoms with Crippen molar-refractivity contribution in [2.75, 3.05) is 14.7 Å². The Kier molecular flexibility index (Phi) is 7.86. The fraction of sp³-hybridized carbons (Fsp3) is 0.321. The van der Waals surface area contributed by atoms with Crippen molar-refractivity contribution in [2.45, 2.75) is 110 Å². The average molecular weight is 746 g/mol. The van der Waals surface area contributed by atoms with Gasteiger partial charge in [-0.25, -0.2) is 0 Å². The van der Waals surface area contributed by atoms with E-state index in [1.54, 1.807) is 5.56 Å². The summed E-state index contributed by atoms with van der Waals surface area (Å²) in [6, 6.07) is 49.1. The van der Waals surface area contributed by atoms with Crippen molar-refractivity contribution in [3.63, 3.8) is 0 Å². The van der Waals surface area contributed by atoms with Gasteiger partial charge >= 0.3 is 0 Å². The third-order valence-corrected chi connectivity index (χ3v) is 14.3. The topological polar surface area (TPSA) is 9.72 Å². The van der Waals surface area contributed by atoms with Crippen LogP contribution in [0.2, 0.25) is 0 Å². The minimum atomic E-state index is 0.00512. The first-order valence-corrected chi connectivity index (χ1v) is 21.3. The highest BCUT2D eigenvalue weighted by molar-refractivity contribution is 7.00. The smallest absolute Gasteiger partial charge is 0.252 e. The lowest BCUT2D eigenvalue weighted by molar-refractivity contribution is 0.195. The molecular formula is C53H56BN3. The molecule has 1 fully saturated rings. The number of anilines is 8. The van der Waals surface area contributed by atoms with E-state index in [1.165, 1.54) is 104 Å². The van der Waals surface area contributed by atoms with Crippen molar-refractivity contribution < 1.29 is 0 Å². The third-order valence-electron chi connectivity index (χ3n) is 14.3. The third kappa shape index (κ3) is 5.25. The van der Waals surface area contributed by atoms with Crippen LogP contribution in [0.5, 0.6) is 0 Å². The molecule has 4 aliphatic rings. The Morgan fingerprint density at radius 2 is 1.18 bits per heavy atom. The van der Waals surface area contributed by atoms with Crippen LogP contribution in [-0.2, 0) is 16.2 Å². The standard InChI is InChI=1S/C53H56BN3/c1-35-32-46-48-47(33-35)57-49-42(52(8)30-13-14-31-53(52,57)9)18-15-19-43(49)54(48)44-34-41(28-29-45(44)56(46)38-16-11-10-12-17-38)55(39-24-20-36(21-25-39)50(2,3)4)40-26-22-37(23-27-40)51(5,6)7/h10-12,15-29,32-34H,13-14,30-31H2,1-9H3. The van der Waals surface area contributed by atoms with Gasteiger partial charge in [-0.05, 0) is 143 Å². The summed E-state index contributed by atoms with van der Waals surface area (Å²) in [5.74, 6) is 0. The lowest BCUT2D eigenvalue weighted by Crippen LogP contribution is -2.64. The summed E-state index contributed by atoms with van der Waals surface area (Å²) in [5, 5.41) is 0. The number of benzene rings is 6. The number of hydrogen-bond acceptors (Lipinski definition) is 3. The molecule has 0 amide bonds. The number of rotatable bonds is 4. The minimum absolute atomic E-state index is 0.00512. The molecule has 6 aromatic carbocycles. The zero-order valence-corrected chi connectivity index (χ0v) is 35.4. The van der Waals surface area contributed by atoms with Gasteiger partial charge in [0.1, 0.15) is 0 Å². The molecule has 3 heterocycles. The van der Waals surface area contributed by atoms with E-state index in [4.69, 9.17) is 0 Å². The zero-order chi connectivity index (χ0) is 39.6. The summed E-state index contributed by atoms with van der Waals surface area (Å²) in [6.07, 6.45) is 4.99. The van der Waals surface area contributed by atoms with E-state index in [9.17, 15) is 0 Å². The number of nitrogens with zero attached hydrogens (tertiary/aromatic N) is 3. The van der Waals surface area contributed by atoms with Crippen LogP contribution in [0.3, 0.4) is 0 Å². The van der Waals surface area contributed by atoms with Crippen LogP contribution in [-0.4, -0.2) is 12.3 Å². The van der Waals surface area contributed by atoms with Crippen molar-refractivity contribution in [3.8, 4) is 0 Å². The molecule has 0 bridgehead atoms. The van der Waals surface area contributed by atoms with Gasteiger partial charge in [0.15, 0.2) is 0 Å². The quantitative estimate of drug-likeness (QED) is 0.166. The van der Waals surface area contributed by atoms with E-state index in [0.29, 0.717) is 0 Å². The Morgan fingerprint density at radius 1 is 0.579 bits per heavy atom. The van der Waals surface area contributed by atoms with Crippen LogP contribution < -0.4 is 31.1 Å². The summed E-state index contributed by atoms with van der Waals surface area (Å²) in [6.45, 7) is 21.3. The molecule has 1 aliphatic carbocycles. The van der Waals surface area contributed by atoms with Crippen LogP contribution >= 0.6 is 0 Å². The molecule has 2 unspecified atom stereocenters. The lowest BCUT2D eigenvalue weighted by Gasteiger charge is -2.52. The van der Waals surface area contributed by atoms with Crippen LogP contribution in [0, 0.1) is 6.92 Å². The highest BCUT2D eigenvalue weighted by Gasteiger charge is 2.61. The van der Waals surface area contributed by atoms with Gasteiger partial charge in [-0.15, -0.1) is 0 Å². The predicted molar refractivity (Wildman–Crippen MR) is 245 cm³/mol. The Bertz CT molecular complexity index is 2490. The van der Waals surface area contributed by atoms with Crippen LogP contribution in [0.15, 0.2) is 127 Å². The Morgan fingerprint density at radius 3 is 1.81 bits per heavy atom. The second kappa shape index (κ2) is 12.4. The largest absolute Gasteiger partial charge is 0.335 e. The van der Waals surface area contributed by atoms with Gasteiger partial charge in [0, 0.05) is 50.9 Å². The van der Waals surface area contributed by atoms with E-state index in [2.05, 4.69) is 204 Å². The van der Waals surface area contributed by atoms with Gasteiger partial charge in [0.05, 0.1) is 5.54 Å². The predicted octanol–water partition coefficient (Wildman–Crippen LogP) is 12.4. The Balaban J connectivity index is 1.24. The molecule has 0 aromatic heterocycles. The molecule has 0 N–H and O–H groups in total. The summed E-state index contributed by atoms with van der Waals surface area (Å²) in [5.41, 5.74) is 20.1. The van der Waals surface area contributed by atoms with Gasteiger partial charge in [-0.1, -0.05) is 122 Å². The fourth-order valence-corrected chi connectivity index (χ4v) is 11.1. The molecule has 6 aromatic rings. The SMILES string of the molecule is Cc1cc2c3c(c1)N1c4c(cccc4C4(C)CCCCC14C)B3c1cc(N(c3ccc(C(C)(C)C)cc3)c3ccc(C(C)(C)C)cc3)ccc1N2c1ccccc1. The highest BCUT2D eigenvalue weighted by atomic mass is 15.3.